The molecular formula is C16H20N4O. The van der Waals surface area contributed by atoms with Crippen molar-refractivity contribution in [3.05, 3.63) is 53.9 Å². The number of primary amides is 1. The van der Waals surface area contributed by atoms with Gasteiger partial charge in [0.2, 0.25) is 5.91 Å². The van der Waals surface area contributed by atoms with E-state index in [-0.39, 0.29) is 11.9 Å². The second-order valence-corrected chi connectivity index (χ2v) is 5.54. The number of carbonyl (C=O) groups excluding carboxylic acids is 1. The quantitative estimate of drug-likeness (QED) is 0.899. The molecule has 1 aliphatic rings. The minimum Gasteiger partial charge on any atom is -0.368 e. The molecule has 5 nitrogen and oxygen atoms in total. The van der Waals surface area contributed by atoms with Gasteiger partial charge in [0.25, 0.3) is 0 Å². The zero-order chi connectivity index (χ0) is 14.7. The maximum absolute atomic E-state index is 11.9. The van der Waals surface area contributed by atoms with Crippen molar-refractivity contribution in [2.75, 3.05) is 13.1 Å². The Kier molecular flexibility index (Phi) is 4.01. The van der Waals surface area contributed by atoms with E-state index in [2.05, 4.69) is 15.1 Å². The lowest BCUT2D eigenvalue weighted by Crippen LogP contribution is -2.42. The number of nitrogens with two attached hydrogens (primary N) is 1. The highest BCUT2D eigenvalue weighted by Gasteiger charge is 2.30. The van der Waals surface area contributed by atoms with Crippen molar-refractivity contribution in [3.63, 3.8) is 0 Å². The molecular weight excluding hydrogens is 264 g/mol. The molecule has 1 aromatic heterocycles. The van der Waals surface area contributed by atoms with E-state index in [1.165, 1.54) is 5.69 Å². The monoisotopic (exact) mass is 284 g/mol. The molecule has 0 aliphatic carbocycles. The van der Waals surface area contributed by atoms with Crippen LogP contribution in [0.5, 0.6) is 0 Å². The summed E-state index contributed by atoms with van der Waals surface area (Å²) in [5.74, 6) is 0.217. The fourth-order valence-corrected chi connectivity index (χ4v) is 3.15. The molecule has 0 unspecified atom stereocenters. The van der Waals surface area contributed by atoms with E-state index in [0.717, 1.165) is 31.5 Å². The number of piperidine rings is 1. The van der Waals surface area contributed by atoms with E-state index in [9.17, 15) is 4.79 Å². The van der Waals surface area contributed by atoms with Gasteiger partial charge in [-0.3, -0.25) is 14.8 Å². The van der Waals surface area contributed by atoms with Crippen LogP contribution in [0.1, 0.15) is 36.1 Å². The average Bonchev–Trinajstić information content (AvgIpc) is 3.03. The largest absolute Gasteiger partial charge is 0.368 e. The molecule has 2 aromatic rings. The van der Waals surface area contributed by atoms with Gasteiger partial charge in [-0.1, -0.05) is 30.3 Å². The first-order chi connectivity index (χ1) is 10.3. The number of nitrogens with zero attached hydrogens (tertiary/aromatic N) is 2. The molecule has 1 aliphatic heterocycles. The number of likely N-dealkylation sites (tertiary alicyclic amines) is 1. The first-order valence-corrected chi connectivity index (χ1v) is 7.33. The molecule has 1 amide bonds. The van der Waals surface area contributed by atoms with Gasteiger partial charge in [-0.25, -0.2) is 0 Å². The second-order valence-electron chi connectivity index (χ2n) is 5.54. The van der Waals surface area contributed by atoms with E-state index in [1.54, 1.807) is 6.20 Å². The summed E-state index contributed by atoms with van der Waals surface area (Å²) in [7, 11) is 0. The molecule has 1 atom stereocenters. The predicted octanol–water partition coefficient (Wildman–Crippen LogP) is 1.82. The Bertz CT molecular complexity index is 574. The smallest absolute Gasteiger partial charge is 0.239 e. The third kappa shape index (κ3) is 2.97. The van der Waals surface area contributed by atoms with Gasteiger partial charge in [0.15, 0.2) is 0 Å². The molecule has 0 saturated carbocycles. The van der Waals surface area contributed by atoms with Crippen LogP contribution < -0.4 is 5.73 Å². The summed E-state index contributed by atoms with van der Waals surface area (Å²) in [6, 6.07) is 11.5. The first kappa shape index (κ1) is 13.8. The van der Waals surface area contributed by atoms with Crippen molar-refractivity contribution in [2.45, 2.75) is 24.8 Å². The lowest BCUT2D eigenvalue weighted by molar-refractivity contribution is -0.124. The normalized spacial score (nSPS) is 18.5. The summed E-state index contributed by atoms with van der Waals surface area (Å²) in [5.41, 5.74) is 7.79. The van der Waals surface area contributed by atoms with Crippen LogP contribution in [0.4, 0.5) is 0 Å². The Morgan fingerprint density at radius 2 is 1.95 bits per heavy atom. The third-order valence-corrected chi connectivity index (χ3v) is 4.24. The standard InChI is InChI=1S/C16H20N4O/c17-16(21)15(13-4-2-1-3-5-13)20-10-7-12(8-11-20)14-6-9-18-19-14/h1-6,9,12,15H,7-8,10-11H2,(H2,17,21)(H,18,19)/t15-/m0/s1. The van der Waals surface area contributed by atoms with Crippen LogP contribution in [-0.4, -0.2) is 34.1 Å². The molecule has 5 heteroatoms. The lowest BCUT2D eigenvalue weighted by Gasteiger charge is -2.36. The fraction of sp³-hybridized carbons (Fsp3) is 0.375. The Balaban J connectivity index is 1.71. The first-order valence-electron chi connectivity index (χ1n) is 7.33. The number of hydrogen-bond donors (Lipinski definition) is 2. The van der Waals surface area contributed by atoms with Gasteiger partial charge in [-0.05, 0) is 37.6 Å². The van der Waals surface area contributed by atoms with E-state index in [4.69, 9.17) is 5.73 Å². The molecule has 1 aromatic carbocycles. The SMILES string of the molecule is NC(=O)[C@H](c1ccccc1)N1CCC(c2ccn[nH]2)CC1. The molecule has 1 saturated heterocycles. The van der Waals surface area contributed by atoms with E-state index < -0.39 is 0 Å². The molecule has 1 fully saturated rings. The van der Waals surface area contributed by atoms with Crippen LogP contribution in [0.15, 0.2) is 42.6 Å². The molecule has 21 heavy (non-hydrogen) atoms. The van der Waals surface area contributed by atoms with Gasteiger partial charge in [-0.15, -0.1) is 0 Å². The fourth-order valence-electron chi connectivity index (χ4n) is 3.15. The number of aromatic amines is 1. The van der Waals surface area contributed by atoms with Crippen molar-refractivity contribution in [1.82, 2.24) is 15.1 Å². The Hall–Kier alpha value is -2.14. The summed E-state index contributed by atoms with van der Waals surface area (Å²) >= 11 is 0. The number of hydrogen-bond acceptors (Lipinski definition) is 3. The van der Waals surface area contributed by atoms with E-state index >= 15 is 0 Å². The summed E-state index contributed by atoms with van der Waals surface area (Å²) < 4.78 is 0. The molecule has 110 valence electrons. The molecule has 0 bridgehead atoms. The van der Waals surface area contributed by atoms with Crippen LogP contribution in [0.2, 0.25) is 0 Å². The molecule has 0 radical (unpaired) electrons. The summed E-state index contributed by atoms with van der Waals surface area (Å²) in [6.45, 7) is 1.73. The van der Waals surface area contributed by atoms with Crippen molar-refractivity contribution < 1.29 is 4.79 Å². The van der Waals surface area contributed by atoms with Gasteiger partial charge in [0.05, 0.1) is 0 Å². The van der Waals surface area contributed by atoms with Crippen LogP contribution in [0.3, 0.4) is 0 Å². The third-order valence-electron chi connectivity index (χ3n) is 4.24. The predicted molar refractivity (Wildman–Crippen MR) is 80.5 cm³/mol. The van der Waals surface area contributed by atoms with Crippen molar-refractivity contribution in [2.24, 2.45) is 5.73 Å². The van der Waals surface area contributed by atoms with Gasteiger partial charge < -0.3 is 5.73 Å². The van der Waals surface area contributed by atoms with Gasteiger partial charge in [0, 0.05) is 17.8 Å². The second kappa shape index (κ2) is 6.10. The minimum absolute atomic E-state index is 0.277. The number of H-pyrrole nitrogens is 1. The minimum atomic E-state index is -0.325. The van der Waals surface area contributed by atoms with Crippen LogP contribution in [-0.2, 0) is 4.79 Å². The summed E-state index contributed by atoms with van der Waals surface area (Å²) in [6.07, 6.45) is 3.81. The maximum Gasteiger partial charge on any atom is 0.239 e. The number of amides is 1. The summed E-state index contributed by atoms with van der Waals surface area (Å²) in [5, 5.41) is 7.06. The van der Waals surface area contributed by atoms with Crippen molar-refractivity contribution in [3.8, 4) is 0 Å². The van der Waals surface area contributed by atoms with E-state index in [1.807, 2.05) is 36.4 Å². The number of nitrogens with one attached hydrogen (secondary N) is 1. The number of carbonyl (C=O) groups is 1. The number of benzene rings is 1. The van der Waals surface area contributed by atoms with Crippen molar-refractivity contribution >= 4 is 5.91 Å². The lowest BCUT2D eigenvalue weighted by atomic mass is 9.91. The Morgan fingerprint density at radius 1 is 1.24 bits per heavy atom. The van der Waals surface area contributed by atoms with Gasteiger partial charge in [-0.2, -0.15) is 5.10 Å². The highest BCUT2D eigenvalue weighted by molar-refractivity contribution is 5.81. The zero-order valence-corrected chi connectivity index (χ0v) is 11.9. The van der Waals surface area contributed by atoms with Crippen molar-refractivity contribution in [1.29, 1.82) is 0 Å². The van der Waals surface area contributed by atoms with Gasteiger partial charge >= 0.3 is 0 Å². The van der Waals surface area contributed by atoms with E-state index in [0.29, 0.717) is 5.92 Å². The molecule has 3 N–H and O–H groups in total. The van der Waals surface area contributed by atoms with Crippen LogP contribution in [0, 0.1) is 0 Å². The average molecular weight is 284 g/mol. The topological polar surface area (TPSA) is 75.0 Å². The van der Waals surface area contributed by atoms with Crippen LogP contribution >= 0.6 is 0 Å². The highest BCUT2D eigenvalue weighted by Crippen LogP contribution is 2.31. The number of aromatic nitrogens is 2. The molecule has 2 heterocycles. The maximum atomic E-state index is 11.9. The Labute approximate surface area is 124 Å². The Morgan fingerprint density at radius 3 is 2.52 bits per heavy atom. The highest BCUT2D eigenvalue weighted by atomic mass is 16.1. The zero-order valence-electron chi connectivity index (χ0n) is 11.9. The van der Waals surface area contributed by atoms with Crippen LogP contribution in [0.25, 0.3) is 0 Å². The van der Waals surface area contributed by atoms with Gasteiger partial charge in [0.1, 0.15) is 6.04 Å². The molecule has 0 spiro atoms. The summed E-state index contributed by atoms with van der Waals surface area (Å²) in [4.78, 5) is 14.1. The molecule has 3 rings (SSSR count). The number of rotatable bonds is 4.